The number of Topliss-reactive ketones (excluding diaryl/α,β-unsaturated/α-hetero) is 1. The predicted molar refractivity (Wildman–Crippen MR) is 67.3 cm³/mol. The molecule has 0 atom stereocenters. The number of hydrogen-bond donors (Lipinski definition) is 0. The zero-order valence-corrected chi connectivity index (χ0v) is 10.3. The number of carbonyl (C=O) groups excluding carboxylic acids is 1. The number of aryl methyl sites for hydroxylation is 1. The van der Waals surface area contributed by atoms with E-state index in [2.05, 4.69) is 10.3 Å². The minimum atomic E-state index is -0.350. The van der Waals surface area contributed by atoms with Gasteiger partial charge in [0.25, 0.3) is 0 Å². The quantitative estimate of drug-likeness (QED) is 0.773. The van der Waals surface area contributed by atoms with E-state index in [1.807, 2.05) is 30.3 Å². The molecule has 0 unspecified atom stereocenters. The Hall–Kier alpha value is -1.97. The van der Waals surface area contributed by atoms with Gasteiger partial charge in [0, 0.05) is 7.05 Å². The first-order valence-corrected chi connectivity index (χ1v) is 6.19. The molecule has 1 heterocycles. The monoisotopic (exact) mass is 241 g/mol. The number of nitrogens with zero attached hydrogens (tertiary/aromatic N) is 3. The molecule has 3 rings (SSSR count). The molecular formula is C14H15N3O. The SMILES string of the molecule is Cn1nncc1C(=O)C1(c2ccccc2)CCC1. The van der Waals surface area contributed by atoms with Crippen LogP contribution in [0.15, 0.2) is 36.5 Å². The maximum absolute atomic E-state index is 12.7. The van der Waals surface area contributed by atoms with E-state index in [0.717, 1.165) is 24.8 Å². The fourth-order valence-corrected chi connectivity index (χ4v) is 2.67. The molecule has 1 fully saturated rings. The maximum atomic E-state index is 12.7. The van der Waals surface area contributed by atoms with Crippen LogP contribution in [0.25, 0.3) is 0 Å². The van der Waals surface area contributed by atoms with E-state index in [9.17, 15) is 4.79 Å². The maximum Gasteiger partial charge on any atom is 0.192 e. The summed E-state index contributed by atoms with van der Waals surface area (Å²) in [7, 11) is 1.76. The smallest absolute Gasteiger partial charge is 0.192 e. The lowest BCUT2D eigenvalue weighted by atomic mass is 9.61. The van der Waals surface area contributed by atoms with E-state index < -0.39 is 0 Å². The van der Waals surface area contributed by atoms with Gasteiger partial charge >= 0.3 is 0 Å². The van der Waals surface area contributed by atoms with Gasteiger partial charge in [0.1, 0.15) is 5.69 Å². The highest BCUT2D eigenvalue weighted by molar-refractivity contribution is 6.03. The number of carbonyl (C=O) groups is 1. The molecule has 2 aromatic rings. The Balaban J connectivity index is 2.03. The van der Waals surface area contributed by atoms with E-state index in [-0.39, 0.29) is 11.2 Å². The van der Waals surface area contributed by atoms with Gasteiger partial charge in [0.2, 0.25) is 0 Å². The molecule has 18 heavy (non-hydrogen) atoms. The predicted octanol–water partition coefficient (Wildman–Crippen LogP) is 2.12. The molecule has 0 radical (unpaired) electrons. The Morgan fingerprint density at radius 1 is 1.28 bits per heavy atom. The molecule has 4 nitrogen and oxygen atoms in total. The van der Waals surface area contributed by atoms with Crippen LogP contribution in [0.3, 0.4) is 0 Å². The standard InChI is InChI=1S/C14H15N3O/c1-17-12(10-15-16-17)13(18)14(8-5-9-14)11-6-3-2-4-7-11/h2-4,6-7,10H,5,8-9H2,1H3. The van der Waals surface area contributed by atoms with Gasteiger partial charge in [0.05, 0.1) is 11.6 Å². The molecule has 1 aromatic carbocycles. The van der Waals surface area contributed by atoms with Crippen LogP contribution in [-0.2, 0) is 12.5 Å². The summed E-state index contributed by atoms with van der Waals surface area (Å²) in [5, 5.41) is 7.65. The molecule has 4 heteroatoms. The van der Waals surface area contributed by atoms with Crippen molar-refractivity contribution in [2.45, 2.75) is 24.7 Å². The van der Waals surface area contributed by atoms with Gasteiger partial charge in [-0.1, -0.05) is 42.0 Å². The second-order valence-electron chi connectivity index (χ2n) is 4.87. The van der Waals surface area contributed by atoms with Gasteiger partial charge in [-0.3, -0.25) is 4.79 Å². The van der Waals surface area contributed by atoms with Crippen molar-refractivity contribution in [2.24, 2.45) is 7.05 Å². The third-order valence-electron chi connectivity index (χ3n) is 3.92. The summed E-state index contributed by atoms with van der Waals surface area (Å²) in [5.74, 6) is 0.146. The first-order valence-electron chi connectivity index (χ1n) is 6.19. The molecule has 92 valence electrons. The second kappa shape index (κ2) is 4.05. The molecule has 1 aromatic heterocycles. The van der Waals surface area contributed by atoms with Crippen LogP contribution in [0.1, 0.15) is 35.3 Å². The molecule has 0 aliphatic heterocycles. The number of ketones is 1. The van der Waals surface area contributed by atoms with Gasteiger partial charge < -0.3 is 0 Å². The zero-order chi connectivity index (χ0) is 12.6. The van der Waals surface area contributed by atoms with Crippen LogP contribution in [0, 0.1) is 0 Å². The Kier molecular flexibility index (Phi) is 2.51. The van der Waals surface area contributed by atoms with Gasteiger partial charge in [-0.05, 0) is 18.4 Å². The molecule has 1 saturated carbocycles. The lowest BCUT2D eigenvalue weighted by Gasteiger charge is -2.40. The molecule has 0 spiro atoms. The van der Waals surface area contributed by atoms with Crippen LogP contribution < -0.4 is 0 Å². The Labute approximate surface area is 106 Å². The molecule has 0 amide bonds. The fourth-order valence-electron chi connectivity index (χ4n) is 2.67. The summed E-state index contributed by atoms with van der Waals surface area (Å²) in [6.45, 7) is 0. The lowest BCUT2D eigenvalue weighted by Crippen LogP contribution is -2.43. The van der Waals surface area contributed by atoms with Crippen molar-refractivity contribution >= 4 is 5.78 Å². The summed E-state index contributed by atoms with van der Waals surface area (Å²) in [6, 6.07) is 10.0. The summed E-state index contributed by atoms with van der Waals surface area (Å²) >= 11 is 0. The van der Waals surface area contributed by atoms with Gasteiger partial charge in [-0.15, -0.1) is 5.10 Å². The minimum Gasteiger partial charge on any atom is -0.291 e. The average molecular weight is 241 g/mol. The highest BCUT2D eigenvalue weighted by Gasteiger charge is 2.46. The van der Waals surface area contributed by atoms with Crippen molar-refractivity contribution in [3.05, 3.63) is 47.8 Å². The Bertz CT molecular complexity index is 570. The Morgan fingerprint density at radius 2 is 2.00 bits per heavy atom. The largest absolute Gasteiger partial charge is 0.291 e. The normalized spacial score (nSPS) is 17.2. The fraction of sp³-hybridized carbons (Fsp3) is 0.357. The van der Waals surface area contributed by atoms with Gasteiger partial charge in [0.15, 0.2) is 5.78 Å². The van der Waals surface area contributed by atoms with Crippen LogP contribution in [-0.4, -0.2) is 20.8 Å². The van der Waals surface area contributed by atoms with Crippen molar-refractivity contribution in [1.82, 2.24) is 15.0 Å². The number of hydrogen-bond acceptors (Lipinski definition) is 3. The van der Waals surface area contributed by atoms with Crippen LogP contribution in [0.2, 0.25) is 0 Å². The van der Waals surface area contributed by atoms with Crippen LogP contribution >= 0.6 is 0 Å². The first-order chi connectivity index (χ1) is 8.74. The number of rotatable bonds is 3. The van der Waals surface area contributed by atoms with E-state index in [4.69, 9.17) is 0 Å². The van der Waals surface area contributed by atoms with E-state index in [1.54, 1.807) is 17.9 Å². The van der Waals surface area contributed by atoms with E-state index >= 15 is 0 Å². The number of aromatic nitrogens is 3. The highest BCUT2D eigenvalue weighted by Crippen LogP contribution is 2.45. The van der Waals surface area contributed by atoms with Gasteiger partial charge in [-0.2, -0.15) is 0 Å². The average Bonchev–Trinajstić information content (AvgIpc) is 2.75. The van der Waals surface area contributed by atoms with Crippen molar-refractivity contribution in [1.29, 1.82) is 0 Å². The Morgan fingerprint density at radius 3 is 2.50 bits per heavy atom. The van der Waals surface area contributed by atoms with Crippen molar-refractivity contribution in [2.75, 3.05) is 0 Å². The van der Waals surface area contributed by atoms with Crippen molar-refractivity contribution in [3.63, 3.8) is 0 Å². The van der Waals surface area contributed by atoms with Crippen molar-refractivity contribution < 1.29 is 4.79 Å². The molecule has 0 saturated heterocycles. The summed E-state index contributed by atoms with van der Waals surface area (Å²) in [6.07, 6.45) is 4.50. The zero-order valence-electron chi connectivity index (χ0n) is 10.3. The third-order valence-corrected chi connectivity index (χ3v) is 3.92. The first kappa shape index (κ1) is 11.1. The van der Waals surface area contributed by atoms with Crippen LogP contribution in [0.4, 0.5) is 0 Å². The lowest BCUT2D eigenvalue weighted by molar-refractivity contribution is 0.0778. The van der Waals surface area contributed by atoms with Crippen LogP contribution in [0.5, 0.6) is 0 Å². The summed E-state index contributed by atoms with van der Waals surface area (Å²) < 4.78 is 1.56. The minimum absolute atomic E-state index is 0.146. The number of benzene rings is 1. The summed E-state index contributed by atoms with van der Waals surface area (Å²) in [4.78, 5) is 12.7. The van der Waals surface area contributed by atoms with Gasteiger partial charge in [-0.25, -0.2) is 4.68 Å². The second-order valence-corrected chi connectivity index (χ2v) is 4.87. The summed E-state index contributed by atoms with van der Waals surface area (Å²) in [5.41, 5.74) is 1.36. The molecule has 1 aliphatic carbocycles. The highest BCUT2D eigenvalue weighted by atomic mass is 16.1. The third kappa shape index (κ3) is 1.49. The molecule has 1 aliphatic rings. The molecule has 0 N–H and O–H groups in total. The van der Waals surface area contributed by atoms with Crippen molar-refractivity contribution in [3.8, 4) is 0 Å². The topological polar surface area (TPSA) is 47.8 Å². The molecule has 0 bridgehead atoms. The molecular weight excluding hydrogens is 226 g/mol. The van der Waals surface area contributed by atoms with E-state index in [0.29, 0.717) is 5.69 Å². The van der Waals surface area contributed by atoms with E-state index in [1.165, 1.54) is 0 Å².